The number of nitrogens with zero attached hydrogens (tertiary/aromatic N) is 1. The molecule has 0 unspecified atom stereocenters. The zero-order valence-corrected chi connectivity index (χ0v) is 9.40. The lowest BCUT2D eigenvalue weighted by atomic mass is 10.0. The minimum absolute atomic E-state index is 0.522. The van der Waals surface area contributed by atoms with Gasteiger partial charge in [-0.1, -0.05) is 32.0 Å². The van der Waals surface area contributed by atoms with Crippen molar-refractivity contribution in [2.75, 3.05) is 11.9 Å². The molecule has 0 atom stereocenters. The Morgan fingerprint density at radius 3 is 2.53 bits per heavy atom. The van der Waals surface area contributed by atoms with Gasteiger partial charge < -0.3 is 5.11 Å². The van der Waals surface area contributed by atoms with Gasteiger partial charge in [-0.25, -0.2) is 4.79 Å². The molecule has 0 bridgehead atoms. The van der Waals surface area contributed by atoms with E-state index in [0.29, 0.717) is 5.92 Å². The van der Waals surface area contributed by atoms with E-state index in [2.05, 4.69) is 13.8 Å². The number of carbonyl (C=O) groups is 1. The van der Waals surface area contributed by atoms with E-state index in [9.17, 15) is 4.79 Å². The van der Waals surface area contributed by atoms with E-state index in [-0.39, 0.29) is 0 Å². The van der Waals surface area contributed by atoms with Crippen LogP contribution >= 0.6 is 0 Å². The maximum atomic E-state index is 10.9. The summed E-state index contributed by atoms with van der Waals surface area (Å²) in [7, 11) is 1.57. The summed E-state index contributed by atoms with van der Waals surface area (Å²) in [6, 6.07) is 7.62. The summed E-state index contributed by atoms with van der Waals surface area (Å²) in [5.74, 6) is 0.522. The Kier molecular flexibility index (Phi) is 3.72. The van der Waals surface area contributed by atoms with Crippen molar-refractivity contribution in [3.05, 3.63) is 29.8 Å². The van der Waals surface area contributed by atoms with Crippen LogP contribution in [-0.2, 0) is 6.42 Å². The highest BCUT2D eigenvalue weighted by atomic mass is 16.4. The molecule has 0 aromatic heterocycles. The van der Waals surface area contributed by atoms with Crippen molar-refractivity contribution in [1.29, 1.82) is 0 Å². The Morgan fingerprint density at radius 2 is 2.00 bits per heavy atom. The van der Waals surface area contributed by atoms with Crippen LogP contribution in [0.15, 0.2) is 24.3 Å². The van der Waals surface area contributed by atoms with Crippen LogP contribution in [0, 0.1) is 5.92 Å². The fourth-order valence-corrected chi connectivity index (χ4v) is 1.55. The van der Waals surface area contributed by atoms with Crippen LogP contribution < -0.4 is 4.90 Å². The molecule has 1 aromatic rings. The van der Waals surface area contributed by atoms with Gasteiger partial charge in [-0.3, -0.25) is 4.90 Å². The molecule has 1 aromatic carbocycles. The fourth-order valence-electron chi connectivity index (χ4n) is 1.55. The summed E-state index contributed by atoms with van der Waals surface area (Å²) in [5.41, 5.74) is 1.86. The van der Waals surface area contributed by atoms with Crippen molar-refractivity contribution >= 4 is 11.8 Å². The minimum Gasteiger partial charge on any atom is -0.465 e. The Morgan fingerprint density at radius 1 is 1.40 bits per heavy atom. The van der Waals surface area contributed by atoms with Crippen molar-refractivity contribution in [2.24, 2.45) is 5.92 Å². The van der Waals surface area contributed by atoms with Gasteiger partial charge in [-0.05, 0) is 24.0 Å². The zero-order chi connectivity index (χ0) is 11.4. The van der Waals surface area contributed by atoms with E-state index in [1.165, 1.54) is 4.90 Å². The summed E-state index contributed by atoms with van der Waals surface area (Å²) < 4.78 is 0. The van der Waals surface area contributed by atoms with Crippen molar-refractivity contribution in [2.45, 2.75) is 20.3 Å². The molecule has 0 aliphatic carbocycles. The molecular weight excluding hydrogens is 190 g/mol. The Bertz CT molecular complexity index is 347. The topological polar surface area (TPSA) is 40.5 Å². The minimum atomic E-state index is -0.925. The van der Waals surface area contributed by atoms with Gasteiger partial charge in [0.05, 0.1) is 0 Å². The number of benzene rings is 1. The van der Waals surface area contributed by atoms with Crippen molar-refractivity contribution in [3.8, 4) is 0 Å². The standard InChI is InChI=1S/C12H17NO2/c1-9(2)8-10-6-4-5-7-11(10)13(3)12(14)15/h4-7,9H,8H2,1-3H3,(H,14,15). The molecule has 0 fully saturated rings. The number of para-hydroxylation sites is 1. The first-order valence-corrected chi connectivity index (χ1v) is 5.07. The van der Waals surface area contributed by atoms with E-state index in [0.717, 1.165) is 17.7 Å². The first-order valence-electron chi connectivity index (χ1n) is 5.07. The smallest absolute Gasteiger partial charge is 0.411 e. The molecule has 82 valence electrons. The predicted octanol–water partition coefficient (Wildman–Crippen LogP) is 3.00. The third-order valence-electron chi connectivity index (χ3n) is 2.27. The summed E-state index contributed by atoms with van der Waals surface area (Å²) in [5, 5.41) is 8.92. The molecule has 1 amide bonds. The van der Waals surface area contributed by atoms with Crippen molar-refractivity contribution < 1.29 is 9.90 Å². The van der Waals surface area contributed by atoms with Crippen molar-refractivity contribution in [3.63, 3.8) is 0 Å². The second-order valence-electron chi connectivity index (χ2n) is 4.07. The fraction of sp³-hybridized carbons (Fsp3) is 0.417. The van der Waals surface area contributed by atoms with Gasteiger partial charge in [0.25, 0.3) is 0 Å². The number of rotatable bonds is 3. The second kappa shape index (κ2) is 4.82. The normalized spacial score (nSPS) is 10.4. The first-order chi connectivity index (χ1) is 7.02. The zero-order valence-electron chi connectivity index (χ0n) is 9.40. The Labute approximate surface area is 90.3 Å². The molecule has 3 heteroatoms. The van der Waals surface area contributed by atoms with Gasteiger partial charge in [0, 0.05) is 12.7 Å². The lowest BCUT2D eigenvalue weighted by molar-refractivity contribution is 0.203. The largest absolute Gasteiger partial charge is 0.465 e. The molecule has 1 rings (SSSR count). The summed E-state index contributed by atoms with van der Waals surface area (Å²) in [4.78, 5) is 12.1. The third kappa shape index (κ3) is 2.98. The average Bonchev–Trinajstić information content (AvgIpc) is 2.16. The van der Waals surface area contributed by atoms with E-state index < -0.39 is 6.09 Å². The highest BCUT2D eigenvalue weighted by Crippen LogP contribution is 2.22. The number of hydrogen-bond acceptors (Lipinski definition) is 1. The number of anilines is 1. The molecule has 1 N–H and O–H groups in total. The second-order valence-corrected chi connectivity index (χ2v) is 4.07. The molecule has 0 saturated carbocycles. The van der Waals surface area contributed by atoms with Crippen LogP contribution in [0.4, 0.5) is 10.5 Å². The summed E-state index contributed by atoms with van der Waals surface area (Å²) in [6.07, 6.45) is -0.0282. The van der Waals surface area contributed by atoms with Gasteiger partial charge in [0.2, 0.25) is 0 Å². The molecule has 0 radical (unpaired) electrons. The van der Waals surface area contributed by atoms with Crippen LogP contribution in [0.3, 0.4) is 0 Å². The van der Waals surface area contributed by atoms with Crippen LogP contribution in [0.5, 0.6) is 0 Å². The Balaban J connectivity index is 3.00. The molecule has 3 nitrogen and oxygen atoms in total. The van der Waals surface area contributed by atoms with Crippen LogP contribution in [-0.4, -0.2) is 18.2 Å². The molecule has 0 aliphatic rings. The van der Waals surface area contributed by atoms with E-state index in [1.807, 2.05) is 24.3 Å². The number of amides is 1. The van der Waals surface area contributed by atoms with E-state index in [4.69, 9.17) is 5.11 Å². The molecule has 0 spiro atoms. The highest BCUT2D eigenvalue weighted by Gasteiger charge is 2.12. The van der Waals surface area contributed by atoms with Crippen LogP contribution in [0.25, 0.3) is 0 Å². The molecular formula is C12H17NO2. The molecule has 0 heterocycles. The summed E-state index contributed by atoms with van der Waals surface area (Å²) in [6.45, 7) is 4.25. The number of carboxylic acid groups (broad SMARTS) is 1. The van der Waals surface area contributed by atoms with Gasteiger partial charge in [0.1, 0.15) is 0 Å². The maximum Gasteiger partial charge on any atom is 0.411 e. The maximum absolute atomic E-state index is 10.9. The molecule has 15 heavy (non-hydrogen) atoms. The van der Waals surface area contributed by atoms with Crippen molar-refractivity contribution in [1.82, 2.24) is 0 Å². The monoisotopic (exact) mass is 207 g/mol. The lowest BCUT2D eigenvalue weighted by Gasteiger charge is -2.18. The molecule has 0 aliphatic heterocycles. The van der Waals surface area contributed by atoms with E-state index in [1.54, 1.807) is 7.05 Å². The first kappa shape index (κ1) is 11.6. The van der Waals surface area contributed by atoms with Gasteiger partial charge >= 0.3 is 6.09 Å². The van der Waals surface area contributed by atoms with Crippen LogP contribution in [0.1, 0.15) is 19.4 Å². The average molecular weight is 207 g/mol. The summed E-state index contributed by atoms with van der Waals surface area (Å²) >= 11 is 0. The van der Waals surface area contributed by atoms with Gasteiger partial charge in [-0.15, -0.1) is 0 Å². The lowest BCUT2D eigenvalue weighted by Crippen LogP contribution is -2.25. The number of hydrogen-bond donors (Lipinski definition) is 1. The van der Waals surface area contributed by atoms with E-state index >= 15 is 0 Å². The predicted molar refractivity (Wildman–Crippen MR) is 61.4 cm³/mol. The van der Waals surface area contributed by atoms with Gasteiger partial charge in [0.15, 0.2) is 0 Å². The Hall–Kier alpha value is -1.51. The van der Waals surface area contributed by atoms with Gasteiger partial charge in [-0.2, -0.15) is 0 Å². The SMILES string of the molecule is CC(C)Cc1ccccc1N(C)C(=O)O. The quantitative estimate of drug-likeness (QED) is 0.827. The highest BCUT2D eigenvalue weighted by molar-refractivity contribution is 5.86. The third-order valence-corrected chi connectivity index (χ3v) is 2.27. The van der Waals surface area contributed by atoms with Crippen LogP contribution in [0.2, 0.25) is 0 Å². The molecule has 0 saturated heterocycles.